The lowest BCUT2D eigenvalue weighted by Gasteiger charge is -2.10. The summed E-state index contributed by atoms with van der Waals surface area (Å²) in [7, 11) is 0. The first kappa shape index (κ1) is 13.1. The van der Waals surface area contributed by atoms with Gasteiger partial charge >= 0.3 is 0 Å². The van der Waals surface area contributed by atoms with E-state index >= 15 is 0 Å². The summed E-state index contributed by atoms with van der Waals surface area (Å²) in [6, 6.07) is 8.16. The molecular weight excluding hydrogens is 296 g/mol. The van der Waals surface area contributed by atoms with Crippen LogP contribution in [-0.4, -0.2) is 21.7 Å². The number of aromatic nitrogens is 3. The van der Waals surface area contributed by atoms with Crippen LogP contribution in [-0.2, 0) is 0 Å². The Kier molecular flexibility index (Phi) is 2.81. The van der Waals surface area contributed by atoms with Gasteiger partial charge in [-0.2, -0.15) is 10.4 Å². The Morgan fingerprint density at radius 3 is 3.00 bits per heavy atom. The highest BCUT2D eigenvalue weighted by Crippen LogP contribution is 2.45. The molecule has 0 spiro atoms. The summed E-state index contributed by atoms with van der Waals surface area (Å²) in [6.07, 6.45) is 3.65. The molecule has 1 aliphatic carbocycles. The minimum absolute atomic E-state index is 0.201. The van der Waals surface area contributed by atoms with E-state index in [2.05, 4.69) is 26.6 Å². The molecule has 1 fully saturated rings. The van der Waals surface area contributed by atoms with Crippen molar-refractivity contribution < 1.29 is 0 Å². The van der Waals surface area contributed by atoms with E-state index in [0.29, 0.717) is 12.4 Å². The Morgan fingerprint density at radius 2 is 2.32 bits per heavy atom. The molecule has 6 nitrogen and oxygen atoms in total. The molecule has 0 amide bonds. The van der Waals surface area contributed by atoms with Crippen molar-refractivity contribution in [2.45, 2.75) is 12.8 Å². The molecule has 3 aromatic heterocycles. The SMILES string of the molecule is N#CC1(CNc2cc(N)nc3cc(-c4ccn[nH]4)sc23)CC1. The summed E-state index contributed by atoms with van der Waals surface area (Å²) < 4.78 is 1.05. The van der Waals surface area contributed by atoms with Gasteiger partial charge in [-0.15, -0.1) is 11.3 Å². The molecule has 0 bridgehead atoms. The highest BCUT2D eigenvalue weighted by molar-refractivity contribution is 7.22. The highest BCUT2D eigenvalue weighted by atomic mass is 32.1. The van der Waals surface area contributed by atoms with E-state index in [1.165, 1.54) is 0 Å². The third-order valence-electron chi connectivity index (χ3n) is 3.97. The molecule has 22 heavy (non-hydrogen) atoms. The van der Waals surface area contributed by atoms with Gasteiger partial charge in [0, 0.05) is 18.8 Å². The zero-order valence-electron chi connectivity index (χ0n) is 11.8. The van der Waals surface area contributed by atoms with Gasteiger partial charge in [-0.1, -0.05) is 0 Å². The smallest absolute Gasteiger partial charge is 0.126 e. The number of pyridine rings is 1. The molecule has 7 heteroatoms. The van der Waals surface area contributed by atoms with Crippen molar-refractivity contribution in [1.29, 1.82) is 5.26 Å². The van der Waals surface area contributed by atoms with E-state index < -0.39 is 0 Å². The topological polar surface area (TPSA) is 103 Å². The summed E-state index contributed by atoms with van der Waals surface area (Å²) in [5, 5.41) is 19.5. The number of aromatic amines is 1. The summed E-state index contributed by atoms with van der Waals surface area (Å²) in [5.74, 6) is 0.478. The summed E-state index contributed by atoms with van der Waals surface area (Å²) in [4.78, 5) is 5.46. The molecule has 110 valence electrons. The van der Waals surface area contributed by atoms with Gasteiger partial charge in [-0.05, 0) is 25.0 Å². The number of thiophene rings is 1. The normalized spacial score (nSPS) is 15.6. The molecule has 0 radical (unpaired) electrons. The Labute approximate surface area is 131 Å². The van der Waals surface area contributed by atoms with Gasteiger partial charge in [-0.25, -0.2) is 4.98 Å². The maximum atomic E-state index is 9.20. The maximum absolute atomic E-state index is 9.20. The van der Waals surface area contributed by atoms with Gasteiger partial charge in [0.15, 0.2) is 0 Å². The van der Waals surface area contributed by atoms with Crippen LogP contribution in [0, 0.1) is 16.7 Å². The zero-order valence-corrected chi connectivity index (χ0v) is 12.6. The van der Waals surface area contributed by atoms with Crippen LogP contribution < -0.4 is 11.1 Å². The second-order valence-electron chi connectivity index (χ2n) is 5.64. The van der Waals surface area contributed by atoms with Crippen molar-refractivity contribution in [2.24, 2.45) is 5.41 Å². The molecule has 0 aromatic carbocycles. The van der Waals surface area contributed by atoms with Crippen molar-refractivity contribution in [1.82, 2.24) is 15.2 Å². The number of hydrogen-bond donors (Lipinski definition) is 3. The number of H-pyrrole nitrogens is 1. The third kappa shape index (κ3) is 2.18. The second kappa shape index (κ2) is 4.71. The van der Waals surface area contributed by atoms with Crippen LogP contribution in [0.2, 0.25) is 0 Å². The molecule has 0 unspecified atom stereocenters. The van der Waals surface area contributed by atoms with Gasteiger partial charge < -0.3 is 11.1 Å². The quantitative estimate of drug-likeness (QED) is 0.687. The number of anilines is 2. The van der Waals surface area contributed by atoms with Crippen LogP contribution in [0.1, 0.15) is 12.8 Å². The predicted octanol–water partition coefficient (Wildman–Crippen LogP) is 2.98. The minimum Gasteiger partial charge on any atom is -0.384 e. The van der Waals surface area contributed by atoms with Gasteiger partial charge in [0.25, 0.3) is 0 Å². The van der Waals surface area contributed by atoms with Gasteiger partial charge in [0.05, 0.1) is 38.0 Å². The fourth-order valence-corrected chi connectivity index (χ4v) is 3.51. The van der Waals surface area contributed by atoms with Crippen molar-refractivity contribution in [3.63, 3.8) is 0 Å². The van der Waals surface area contributed by atoms with E-state index in [1.54, 1.807) is 17.5 Å². The first-order valence-electron chi connectivity index (χ1n) is 7.04. The molecule has 1 aliphatic rings. The number of fused-ring (bicyclic) bond motifs is 1. The van der Waals surface area contributed by atoms with Crippen molar-refractivity contribution >= 4 is 33.1 Å². The number of rotatable bonds is 4. The van der Waals surface area contributed by atoms with E-state index in [4.69, 9.17) is 5.73 Å². The largest absolute Gasteiger partial charge is 0.384 e. The Hall–Kier alpha value is -2.59. The molecule has 3 heterocycles. The zero-order chi connectivity index (χ0) is 15.2. The third-order valence-corrected chi connectivity index (χ3v) is 5.16. The number of hydrogen-bond acceptors (Lipinski definition) is 6. The van der Waals surface area contributed by atoms with E-state index in [9.17, 15) is 5.26 Å². The summed E-state index contributed by atoms with van der Waals surface area (Å²) >= 11 is 1.63. The van der Waals surface area contributed by atoms with Crippen molar-refractivity contribution in [3.8, 4) is 16.6 Å². The molecular formula is C15H14N6S. The number of nitrogens with two attached hydrogens (primary N) is 1. The van der Waals surface area contributed by atoms with Crippen LogP contribution in [0.25, 0.3) is 20.8 Å². The molecule has 4 N–H and O–H groups in total. The van der Waals surface area contributed by atoms with Gasteiger partial charge in [0.1, 0.15) is 5.82 Å². The highest BCUT2D eigenvalue weighted by Gasteiger charge is 2.42. The monoisotopic (exact) mass is 310 g/mol. The average Bonchev–Trinajstić information content (AvgIpc) is 2.92. The van der Waals surface area contributed by atoms with Crippen LogP contribution in [0.5, 0.6) is 0 Å². The second-order valence-corrected chi connectivity index (χ2v) is 6.69. The van der Waals surface area contributed by atoms with Crippen LogP contribution in [0.4, 0.5) is 11.5 Å². The molecule has 1 saturated carbocycles. The molecule has 0 saturated heterocycles. The Morgan fingerprint density at radius 1 is 1.45 bits per heavy atom. The summed E-state index contributed by atoms with van der Waals surface area (Å²) in [6.45, 7) is 0.652. The molecule has 4 rings (SSSR count). The number of nitrogens with one attached hydrogen (secondary N) is 2. The van der Waals surface area contributed by atoms with Crippen LogP contribution >= 0.6 is 11.3 Å². The van der Waals surface area contributed by atoms with Crippen LogP contribution in [0.3, 0.4) is 0 Å². The Balaban J connectivity index is 1.72. The standard InChI is InChI=1S/C15H14N6S/c16-7-15(2-3-15)8-18-10-6-13(17)20-11-5-12(22-14(10)11)9-1-4-19-21-9/h1,4-6H,2-3,8H2,(H,19,21)(H3,17,18,20). The lowest BCUT2D eigenvalue weighted by Crippen LogP contribution is -2.13. The summed E-state index contributed by atoms with van der Waals surface area (Å²) in [5.41, 5.74) is 8.47. The fourth-order valence-electron chi connectivity index (χ4n) is 2.44. The predicted molar refractivity (Wildman–Crippen MR) is 87.4 cm³/mol. The average molecular weight is 310 g/mol. The van der Waals surface area contributed by atoms with E-state index in [-0.39, 0.29) is 5.41 Å². The number of nitrogen functional groups attached to an aromatic ring is 1. The first-order chi connectivity index (χ1) is 10.7. The molecule has 0 atom stereocenters. The minimum atomic E-state index is -0.201. The molecule has 3 aromatic rings. The maximum Gasteiger partial charge on any atom is 0.126 e. The first-order valence-corrected chi connectivity index (χ1v) is 7.86. The van der Waals surface area contributed by atoms with Gasteiger partial charge in [-0.3, -0.25) is 5.10 Å². The van der Waals surface area contributed by atoms with Crippen molar-refractivity contribution in [3.05, 3.63) is 24.4 Å². The number of nitriles is 1. The Bertz CT molecular complexity index is 869. The van der Waals surface area contributed by atoms with E-state index in [0.717, 1.165) is 39.3 Å². The van der Waals surface area contributed by atoms with Crippen molar-refractivity contribution in [2.75, 3.05) is 17.6 Å². The van der Waals surface area contributed by atoms with Crippen LogP contribution in [0.15, 0.2) is 24.4 Å². The van der Waals surface area contributed by atoms with E-state index in [1.807, 2.05) is 18.2 Å². The lowest BCUT2D eigenvalue weighted by molar-refractivity contribution is 0.712. The number of nitrogens with zero attached hydrogens (tertiary/aromatic N) is 3. The van der Waals surface area contributed by atoms with Gasteiger partial charge in [0.2, 0.25) is 0 Å². The lowest BCUT2D eigenvalue weighted by atomic mass is 10.1. The molecule has 0 aliphatic heterocycles. The fraction of sp³-hybridized carbons (Fsp3) is 0.267.